The molecule has 0 amide bonds. The summed E-state index contributed by atoms with van der Waals surface area (Å²) in [4.78, 5) is 3.14. The third kappa shape index (κ3) is 2.92. The van der Waals surface area contributed by atoms with Crippen LogP contribution in [0.15, 0.2) is 36.5 Å². The fourth-order valence-electron chi connectivity index (χ4n) is 2.48. The highest BCUT2D eigenvalue weighted by Gasteiger charge is 2.11. The molecular weight excluding hydrogens is 266 g/mol. The van der Waals surface area contributed by atoms with Crippen LogP contribution in [0.2, 0.25) is 0 Å². The predicted molar refractivity (Wildman–Crippen MR) is 81.5 cm³/mol. The van der Waals surface area contributed by atoms with Gasteiger partial charge >= 0.3 is 0 Å². The van der Waals surface area contributed by atoms with Crippen molar-refractivity contribution >= 4 is 10.9 Å². The molecule has 5 nitrogen and oxygen atoms in total. The molecule has 0 aliphatic heterocycles. The van der Waals surface area contributed by atoms with Gasteiger partial charge in [0.25, 0.3) is 0 Å². The second-order valence-corrected chi connectivity index (χ2v) is 5.27. The summed E-state index contributed by atoms with van der Waals surface area (Å²) in [5.74, 6) is 0.779. The Morgan fingerprint density at radius 2 is 2.19 bits per heavy atom. The number of fused-ring (bicyclic) bond motifs is 1. The molecule has 0 bridgehead atoms. The second-order valence-electron chi connectivity index (χ2n) is 5.27. The topological polar surface area (TPSA) is 63.1 Å². The maximum absolute atomic E-state index is 10.1. The van der Waals surface area contributed by atoms with Crippen molar-refractivity contribution in [2.75, 3.05) is 6.61 Å². The van der Waals surface area contributed by atoms with Gasteiger partial charge in [-0.2, -0.15) is 5.10 Å². The summed E-state index contributed by atoms with van der Waals surface area (Å²) >= 11 is 0. The lowest BCUT2D eigenvalue weighted by molar-refractivity contribution is 0.0894. The average molecular weight is 285 g/mol. The molecule has 2 N–H and O–H groups in total. The van der Waals surface area contributed by atoms with Crippen LogP contribution < -0.4 is 4.74 Å². The number of aromatic nitrogens is 3. The van der Waals surface area contributed by atoms with Gasteiger partial charge in [0.2, 0.25) is 0 Å². The minimum atomic E-state index is -0.600. The zero-order valence-electron chi connectivity index (χ0n) is 12.2. The third-order valence-electron chi connectivity index (χ3n) is 3.47. The zero-order valence-corrected chi connectivity index (χ0v) is 12.2. The van der Waals surface area contributed by atoms with Crippen molar-refractivity contribution in [1.82, 2.24) is 14.8 Å². The summed E-state index contributed by atoms with van der Waals surface area (Å²) in [6, 6.07) is 9.80. The molecule has 0 unspecified atom stereocenters. The molecule has 0 radical (unpaired) electrons. The Morgan fingerprint density at radius 1 is 1.33 bits per heavy atom. The first-order valence-corrected chi connectivity index (χ1v) is 7.01. The van der Waals surface area contributed by atoms with Crippen molar-refractivity contribution in [3.8, 4) is 5.75 Å². The quantitative estimate of drug-likeness (QED) is 0.756. The lowest BCUT2D eigenvalue weighted by Crippen LogP contribution is -2.24. The summed E-state index contributed by atoms with van der Waals surface area (Å²) in [6.07, 6.45) is 1.28. The van der Waals surface area contributed by atoms with Crippen LogP contribution in [-0.2, 0) is 6.54 Å². The van der Waals surface area contributed by atoms with Crippen molar-refractivity contribution in [3.05, 3.63) is 47.9 Å². The van der Waals surface area contributed by atoms with E-state index in [-0.39, 0.29) is 6.61 Å². The largest absolute Gasteiger partial charge is 0.490 e. The van der Waals surface area contributed by atoms with Gasteiger partial charge in [-0.05, 0) is 38.1 Å². The monoisotopic (exact) mass is 285 g/mol. The lowest BCUT2D eigenvalue weighted by Gasteiger charge is -2.14. The molecule has 2 aromatic heterocycles. The predicted octanol–water partition coefficient (Wildman–Crippen LogP) is 2.42. The van der Waals surface area contributed by atoms with Gasteiger partial charge in [0.1, 0.15) is 18.5 Å². The Morgan fingerprint density at radius 3 is 2.95 bits per heavy atom. The highest BCUT2D eigenvalue weighted by molar-refractivity contribution is 5.85. The van der Waals surface area contributed by atoms with Crippen molar-refractivity contribution in [2.45, 2.75) is 26.5 Å². The van der Waals surface area contributed by atoms with Gasteiger partial charge in [0, 0.05) is 22.8 Å². The molecule has 3 aromatic rings. The number of aromatic amines is 1. The van der Waals surface area contributed by atoms with Crippen LogP contribution in [0.5, 0.6) is 5.75 Å². The Labute approximate surface area is 123 Å². The maximum atomic E-state index is 10.1. The number of nitrogens with one attached hydrogen (secondary N) is 1. The molecule has 0 saturated heterocycles. The van der Waals surface area contributed by atoms with Crippen molar-refractivity contribution in [3.63, 3.8) is 0 Å². The van der Waals surface area contributed by atoms with E-state index in [0.717, 1.165) is 28.0 Å². The average Bonchev–Trinajstić information content (AvgIpc) is 3.03. The van der Waals surface area contributed by atoms with Crippen molar-refractivity contribution in [1.29, 1.82) is 0 Å². The Kier molecular flexibility index (Phi) is 3.66. The smallest absolute Gasteiger partial charge is 0.128 e. The van der Waals surface area contributed by atoms with E-state index in [4.69, 9.17) is 4.74 Å². The van der Waals surface area contributed by atoms with Gasteiger partial charge in [0.15, 0.2) is 0 Å². The highest BCUT2D eigenvalue weighted by Crippen LogP contribution is 2.24. The van der Waals surface area contributed by atoms with Gasteiger partial charge in [-0.25, -0.2) is 0 Å². The molecule has 0 fully saturated rings. The van der Waals surface area contributed by atoms with Crippen LogP contribution in [0.1, 0.15) is 11.4 Å². The molecule has 1 atom stereocenters. The lowest BCUT2D eigenvalue weighted by atomic mass is 10.2. The number of aliphatic hydroxyl groups is 1. The second kappa shape index (κ2) is 5.61. The number of aryl methyl sites for hydroxylation is 2. The Bertz CT molecular complexity index is 745. The minimum absolute atomic E-state index is 0.239. The summed E-state index contributed by atoms with van der Waals surface area (Å²) in [5, 5.41) is 15.5. The molecule has 3 rings (SSSR count). The van der Waals surface area contributed by atoms with E-state index >= 15 is 0 Å². The van der Waals surface area contributed by atoms with Crippen LogP contribution in [0, 0.1) is 13.8 Å². The van der Waals surface area contributed by atoms with Crippen LogP contribution >= 0.6 is 0 Å². The van der Waals surface area contributed by atoms with E-state index in [1.54, 1.807) is 4.68 Å². The fourth-order valence-corrected chi connectivity index (χ4v) is 2.48. The van der Waals surface area contributed by atoms with E-state index in [1.165, 1.54) is 0 Å². The molecule has 1 aromatic carbocycles. The fraction of sp³-hybridized carbons (Fsp3) is 0.312. The molecule has 21 heavy (non-hydrogen) atoms. The van der Waals surface area contributed by atoms with E-state index in [9.17, 15) is 5.11 Å². The minimum Gasteiger partial charge on any atom is -0.490 e. The summed E-state index contributed by atoms with van der Waals surface area (Å²) in [6.45, 7) is 4.60. The Hall–Kier alpha value is -2.27. The zero-order chi connectivity index (χ0) is 14.8. The maximum Gasteiger partial charge on any atom is 0.128 e. The molecule has 0 spiro atoms. The van der Waals surface area contributed by atoms with Gasteiger partial charge < -0.3 is 14.8 Å². The first kappa shape index (κ1) is 13.7. The summed E-state index contributed by atoms with van der Waals surface area (Å²) in [5.41, 5.74) is 3.03. The molecular formula is C16H19N3O2. The van der Waals surface area contributed by atoms with Crippen LogP contribution in [0.3, 0.4) is 0 Å². The third-order valence-corrected chi connectivity index (χ3v) is 3.47. The number of rotatable bonds is 5. The van der Waals surface area contributed by atoms with Gasteiger partial charge in [-0.3, -0.25) is 4.68 Å². The van der Waals surface area contributed by atoms with E-state index in [1.807, 2.05) is 50.4 Å². The molecule has 0 saturated carbocycles. The SMILES string of the molecule is Cc1cc(C)n(C[C@@H](O)COc2cccc3[nH]ccc23)n1. The number of ether oxygens (including phenoxy) is 1. The number of hydrogen-bond donors (Lipinski definition) is 2. The molecule has 0 aliphatic carbocycles. The first-order valence-electron chi connectivity index (χ1n) is 7.01. The number of hydrogen-bond acceptors (Lipinski definition) is 3. The van der Waals surface area contributed by atoms with E-state index in [0.29, 0.717) is 6.54 Å². The highest BCUT2D eigenvalue weighted by atomic mass is 16.5. The standard InChI is InChI=1S/C16H19N3O2/c1-11-8-12(2)19(18-11)9-13(20)10-21-16-5-3-4-15-14(16)6-7-17-15/h3-8,13,17,20H,9-10H2,1-2H3/t13-/m1/s1. The Balaban J connectivity index is 1.64. The van der Waals surface area contributed by atoms with Crippen molar-refractivity contribution < 1.29 is 9.84 Å². The number of nitrogens with zero attached hydrogens (tertiary/aromatic N) is 2. The van der Waals surface area contributed by atoms with E-state index < -0.39 is 6.10 Å². The van der Waals surface area contributed by atoms with Crippen LogP contribution in [0.25, 0.3) is 10.9 Å². The summed E-state index contributed by atoms with van der Waals surface area (Å²) < 4.78 is 7.55. The van der Waals surface area contributed by atoms with Crippen LogP contribution in [-0.4, -0.2) is 32.6 Å². The number of aliphatic hydroxyl groups excluding tert-OH is 1. The number of benzene rings is 1. The molecule has 5 heteroatoms. The van der Waals surface area contributed by atoms with Gasteiger partial charge in [0.05, 0.1) is 12.2 Å². The van der Waals surface area contributed by atoms with Crippen LogP contribution in [0.4, 0.5) is 0 Å². The summed E-state index contributed by atoms with van der Waals surface area (Å²) in [7, 11) is 0. The molecule has 2 heterocycles. The first-order chi connectivity index (χ1) is 10.1. The van der Waals surface area contributed by atoms with E-state index in [2.05, 4.69) is 10.1 Å². The van der Waals surface area contributed by atoms with Gasteiger partial charge in [-0.1, -0.05) is 6.07 Å². The molecule has 0 aliphatic rings. The van der Waals surface area contributed by atoms with Gasteiger partial charge in [-0.15, -0.1) is 0 Å². The number of H-pyrrole nitrogens is 1. The van der Waals surface area contributed by atoms with Crippen molar-refractivity contribution in [2.24, 2.45) is 0 Å². The normalized spacial score (nSPS) is 12.7. The molecule has 110 valence electrons.